The van der Waals surface area contributed by atoms with Gasteiger partial charge in [-0.3, -0.25) is 9.59 Å². The van der Waals surface area contributed by atoms with E-state index in [0.29, 0.717) is 12.1 Å². The minimum Gasteiger partial charge on any atom is -0.307 e. The van der Waals surface area contributed by atoms with Gasteiger partial charge in [-0.05, 0) is 35.5 Å². The lowest BCUT2D eigenvalue weighted by atomic mass is 10.1. The van der Waals surface area contributed by atoms with E-state index in [-0.39, 0.29) is 12.0 Å². The number of aromatic nitrogens is 1. The van der Waals surface area contributed by atoms with Crippen LogP contribution in [0.25, 0.3) is 10.6 Å². The second kappa shape index (κ2) is 6.86. The summed E-state index contributed by atoms with van der Waals surface area (Å²) in [7, 11) is 0. The zero-order valence-electron chi connectivity index (χ0n) is 11.3. The maximum absolute atomic E-state index is 12.5. The fourth-order valence-corrected chi connectivity index (χ4v) is 2.99. The topological polar surface area (TPSA) is 39.1 Å². The van der Waals surface area contributed by atoms with Crippen LogP contribution in [0.1, 0.15) is 25.3 Å². The van der Waals surface area contributed by atoms with Crippen LogP contribution in [0.15, 0.2) is 34.4 Å². The molecule has 2 aromatic rings. The molecular formula is C15H16ClNO2S. The molecule has 0 amide bonds. The van der Waals surface area contributed by atoms with Crippen molar-refractivity contribution >= 4 is 28.2 Å². The van der Waals surface area contributed by atoms with Gasteiger partial charge in [0.25, 0.3) is 5.56 Å². The first-order valence-corrected chi connectivity index (χ1v) is 7.84. The lowest BCUT2D eigenvalue weighted by Gasteiger charge is -2.13. The number of unbranched alkanes of at least 4 members (excludes halogenated alkanes) is 1. The van der Waals surface area contributed by atoms with Crippen LogP contribution in [0, 0.1) is 0 Å². The van der Waals surface area contributed by atoms with Crippen LogP contribution in [0.4, 0.5) is 0 Å². The van der Waals surface area contributed by atoms with Gasteiger partial charge in [-0.25, -0.2) is 0 Å². The average molecular weight is 310 g/mol. The molecule has 5 heteroatoms. The van der Waals surface area contributed by atoms with Crippen LogP contribution in [0.3, 0.4) is 0 Å². The van der Waals surface area contributed by atoms with E-state index in [2.05, 4.69) is 6.92 Å². The number of halogens is 1. The zero-order chi connectivity index (χ0) is 14.5. The Morgan fingerprint density at radius 3 is 2.75 bits per heavy atom. The largest absolute Gasteiger partial charge is 0.307 e. The molecule has 0 aliphatic rings. The Bertz CT molecular complexity index is 646. The van der Waals surface area contributed by atoms with Crippen LogP contribution >= 0.6 is 22.9 Å². The first-order valence-electron chi connectivity index (χ1n) is 6.58. The maximum Gasteiger partial charge on any atom is 0.254 e. The van der Waals surface area contributed by atoms with Crippen LogP contribution < -0.4 is 5.56 Å². The molecule has 0 aliphatic carbocycles. The SMILES string of the molecule is CCCCn1c(-c2cccs2)ccc(CC(=O)Cl)c1=O. The monoisotopic (exact) mass is 309 g/mol. The lowest BCUT2D eigenvalue weighted by molar-refractivity contribution is -0.111. The van der Waals surface area contributed by atoms with Crippen molar-refractivity contribution in [2.75, 3.05) is 0 Å². The van der Waals surface area contributed by atoms with Gasteiger partial charge in [-0.2, -0.15) is 0 Å². The first-order chi connectivity index (χ1) is 9.63. The lowest BCUT2D eigenvalue weighted by Crippen LogP contribution is -2.26. The molecule has 106 valence electrons. The van der Waals surface area contributed by atoms with Crippen molar-refractivity contribution in [3.05, 3.63) is 45.6 Å². The highest BCUT2D eigenvalue weighted by Gasteiger charge is 2.12. The number of hydrogen-bond donors (Lipinski definition) is 0. The molecule has 0 fully saturated rings. The smallest absolute Gasteiger partial charge is 0.254 e. The quantitative estimate of drug-likeness (QED) is 0.763. The summed E-state index contributed by atoms with van der Waals surface area (Å²) in [6.45, 7) is 2.74. The molecule has 0 bridgehead atoms. The summed E-state index contributed by atoms with van der Waals surface area (Å²) < 4.78 is 1.75. The summed E-state index contributed by atoms with van der Waals surface area (Å²) >= 11 is 6.99. The Kier molecular flexibility index (Phi) is 5.15. The average Bonchev–Trinajstić information content (AvgIpc) is 2.93. The summed E-state index contributed by atoms with van der Waals surface area (Å²) in [6, 6.07) is 7.57. The number of rotatable bonds is 6. The van der Waals surface area contributed by atoms with Gasteiger partial charge < -0.3 is 4.57 Å². The van der Waals surface area contributed by atoms with E-state index in [1.807, 2.05) is 23.6 Å². The predicted molar refractivity (Wildman–Crippen MR) is 83.5 cm³/mol. The van der Waals surface area contributed by atoms with Crippen LogP contribution in [-0.4, -0.2) is 9.81 Å². The Morgan fingerprint density at radius 2 is 2.15 bits per heavy atom. The van der Waals surface area contributed by atoms with Gasteiger partial charge in [0.1, 0.15) is 0 Å². The molecule has 0 radical (unpaired) electrons. The molecule has 0 saturated carbocycles. The molecule has 0 N–H and O–H groups in total. The summed E-state index contributed by atoms with van der Waals surface area (Å²) in [5, 5.41) is 1.48. The van der Waals surface area contributed by atoms with Crippen molar-refractivity contribution in [1.29, 1.82) is 0 Å². The van der Waals surface area contributed by atoms with Crippen LogP contribution in [0.2, 0.25) is 0 Å². The van der Waals surface area contributed by atoms with Gasteiger partial charge in [-0.15, -0.1) is 11.3 Å². The third-order valence-electron chi connectivity index (χ3n) is 3.09. The standard InChI is InChI=1S/C15H16ClNO2S/c1-2-3-8-17-12(13-5-4-9-20-13)7-6-11(15(17)19)10-14(16)18/h4-7,9H,2-3,8,10H2,1H3. The van der Waals surface area contributed by atoms with Gasteiger partial charge in [-0.1, -0.05) is 25.5 Å². The summed E-state index contributed by atoms with van der Waals surface area (Å²) in [5.74, 6) is 0. The van der Waals surface area contributed by atoms with Crippen molar-refractivity contribution in [2.24, 2.45) is 0 Å². The summed E-state index contributed by atoms with van der Waals surface area (Å²) in [6.07, 6.45) is 1.92. The summed E-state index contributed by atoms with van der Waals surface area (Å²) in [4.78, 5) is 24.6. The van der Waals surface area contributed by atoms with Gasteiger partial charge >= 0.3 is 0 Å². The number of pyridine rings is 1. The number of hydrogen-bond acceptors (Lipinski definition) is 3. The van der Waals surface area contributed by atoms with Crippen LogP contribution in [-0.2, 0) is 17.8 Å². The van der Waals surface area contributed by atoms with E-state index >= 15 is 0 Å². The molecule has 0 aliphatic heterocycles. The molecule has 2 heterocycles. The molecule has 3 nitrogen and oxygen atoms in total. The first kappa shape index (κ1) is 15.0. The van der Waals surface area contributed by atoms with E-state index in [1.165, 1.54) is 0 Å². The highest BCUT2D eigenvalue weighted by atomic mass is 35.5. The number of nitrogens with zero attached hydrogens (tertiary/aromatic N) is 1. The molecule has 0 aromatic carbocycles. The Balaban J connectivity index is 2.49. The molecule has 0 saturated heterocycles. The van der Waals surface area contributed by atoms with Gasteiger partial charge in [0.05, 0.1) is 17.0 Å². The zero-order valence-corrected chi connectivity index (χ0v) is 12.8. The van der Waals surface area contributed by atoms with Crippen molar-refractivity contribution in [3.63, 3.8) is 0 Å². The van der Waals surface area contributed by atoms with E-state index < -0.39 is 5.24 Å². The second-order valence-corrected chi connectivity index (χ2v) is 5.93. The second-order valence-electron chi connectivity index (χ2n) is 4.56. The van der Waals surface area contributed by atoms with Gasteiger partial charge in [0.2, 0.25) is 5.24 Å². The van der Waals surface area contributed by atoms with Crippen molar-refractivity contribution in [1.82, 2.24) is 4.57 Å². The minimum atomic E-state index is -0.506. The molecular weight excluding hydrogens is 294 g/mol. The Labute approximate surface area is 126 Å². The summed E-state index contributed by atoms with van der Waals surface area (Å²) in [5.41, 5.74) is 1.25. The molecule has 2 rings (SSSR count). The van der Waals surface area contributed by atoms with E-state index in [0.717, 1.165) is 23.4 Å². The third kappa shape index (κ3) is 3.38. The molecule has 20 heavy (non-hydrogen) atoms. The van der Waals surface area contributed by atoms with Crippen LogP contribution in [0.5, 0.6) is 0 Å². The molecule has 0 unspecified atom stereocenters. The molecule has 2 aromatic heterocycles. The molecule has 0 atom stereocenters. The Hall–Kier alpha value is -1.39. The van der Waals surface area contributed by atoms with Crippen molar-refractivity contribution < 1.29 is 4.79 Å². The van der Waals surface area contributed by atoms with E-state index in [9.17, 15) is 9.59 Å². The predicted octanol–water partition coefficient (Wildman–Crippen LogP) is 3.68. The highest BCUT2D eigenvalue weighted by molar-refractivity contribution is 7.13. The van der Waals surface area contributed by atoms with Gasteiger partial charge in [0.15, 0.2) is 0 Å². The van der Waals surface area contributed by atoms with Crippen molar-refractivity contribution in [3.8, 4) is 10.6 Å². The van der Waals surface area contributed by atoms with Crippen molar-refractivity contribution in [2.45, 2.75) is 32.7 Å². The number of thiophene rings is 1. The highest BCUT2D eigenvalue weighted by Crippen LogP contribution is 2.24. The van der Waals surface area contributed by atoms with Gasteiger partial charge in [0, 0.05) is 12.1 Å². The minimum absolute atomic E-state index is 0.0166. The maximum atomic E-state index is 12.5. The molecule has 0 spiro atoms. The Morgan fingerprint density at radius 1 is 1.35 bits per heavy atom. The fraction of sp³-hybridized carbons (Fsp3) is 0.333. The third-order valence-corrected chi connectivity index (χ3v) is 4.12. The normalized spacial score (nSPS) is 10.7. The van der Waals surface area contributed by atoms with E-state index in [4.69, 9.17) is 11.6 Å². The van der Waals surface area contributed by atoms with E-state index in [1.54, 1.807) is 22.0 Å². The number of carbonyl (C=O) groups excluding carboxylic acids is 1. The fourth-order valence-electron chi connectivity index (χ4n) is 2.09. The number of carbonyl (C=O) groups is 1.